The van der Waals surface area contributed by atoms with Gasteiger partial charge in [0.1, 0.15) is 6.73 Å². The molecule has 0 spiro atoms. The number of hydrogen-bond acceptors (Lipinski definition) is 7. The predicted octanol–water partition coefficient (Wildman–Crippen LogP) is 0.234. The molecule has 0 rings (SSSR count). The SMILES string of the molecule is COC(=O)C(C)S(=O)(=O)OCNC(=O)OCC(C)C. The number of ether oxygens (including phenoxy) is 2. The summed E-state index contributed by atoms with van der Waals surface area (Å²) in [5.41, 5.74) is 0. The van der Waals surface area contributed by atoms with E-state index in [2.05, 4.69) is 14.2 Å². The molecule has 0 aromatic carbocycles. The topological polar surface area (TPSA) is 108 Å². The van der Waals surface area contributed by atoms with E-state index in [-0.39, 0.29) is 12.5 Å². The predicted molar refractivity (Wildman–Crippen MR) is 65.7 cm³/mol. The number of carbonyl (C=O) groups excluding carboxylic acids is 2. The van der Waals surface area contributed by atoms with Gasteiger partial charge in [0.05, 0.1) is 13.7 Å². The maximum Gasteiger partial charge on any atom is 0.408 e. The zero-order chi connectivity index (χ0) is 15.1. The number of hydrogen-bond donors (Lipinski definition) is 1. The Kier molecular flexibility index (Phi) is 7.38. The van der Waals surface area contributed by atoms with E-state index in [9.17, 15) is 18.0 Å². The largest absolute Gasteiger partial charge is 0.468 e. The number of nitrogens with one attached hydrogen (secondary N) is 1. The van der Waals surface area contributed by atoms with Crippen LogP contribution >= 0.6 is 0 Å². The van der Waals surface area contributed by atoms with Crippen molar-refractivity contribution in [1.29, 1.82) is 0 Å². The molecular weight excluding hydrogens is 278 g/mol. The monoisotopic (exact) mass is 297 g/mol. The summed E-state index contributed by atoms with van der Waals surface area (Å²) < 4.78 is 36.4. The van der Waals surface area contributed by atoms with Gasteiger partial charge < -0.3 is 9.47 Å². The molecule has 0 saturated carbocycles. The van der Waals surface area contributed by atoms with Gasteiger partial charge in [-0.3, -0.25) is 10.1 Å². The van der Waals surface area contributed by atoms with Crippen LogP contribution in [0.15, 0.2) is 0 Å². The van der Waals surface area contributed by atoms with E-state index < -0.39 is 34.2 Å². The summed E-state index contributed by atoms with van der Waals surface area (Å²) in [6, 6.07) is 0. The van der Waals surface area contributed by atoms with Crippen LogP contribution in [-0.4, -0.2) is 46.2 Å². The van der Waals surface area contributed by atoms with Gasteiger partial charge in [0.2, 0.25) is 0 Å². The fraction of sp³-hybridized carbons (Fsp3) is 0.800. The fourth-order valence-electron chi connectivity index (χ4n) is 0.850. The summed E-state index contributed by atoms with van der Waals surface area (Å²) >= 11 is 0. The molecule has 0 fully saturated rings. The maximum atomic E-state index is 11.5. The molecule has 0 bridgehead atoms. The second kappa shape index (κ2) is 7.95. The molecule has 1 amide bonds. The van der Waals surface area contributed by atoms with E-state index in [1.165, 1.54) is 0 Å². The molecule has 0 aliphatic heterocycles. The minimum absolute atomic E-state index is 0.162. The Morgan fingerprint density at radius 2 is 1.79 bits per heavy atom. The minimum Gasteiger partial charge on any atom is -0.468 e. The molecule has 0 heterocycles. The zero-order valence-corrected chi connectivity index (χ0v) is 12.2. The third-order valence-corrected chi connectivity index (χ3v) is 3.46. The third kappa shape index (κ3) is 6.97. The van der Waals surface area contributed by atoms with Gasteiger partial charge in [-0.05, 0) is 12.8 Å². The summed E-state index contributed by atoms with van der Waals surface area (Å²) in [7, 11) is -3.08. The molecule has 0 aliphatic rings. The van der Waals surface area contributed by atoms with Crippen molar-refractivity contribution in [1.82, 2.24) is 5.32 Å². The lowest BCUT2D eigenvalue weighted by Gasteiger charge is -2.12. The Hall–Kier alpha value is -1.35. The van der Waals surface area contributed by atoms with Crippen LogP contribution in [0.3, 0.4) is 0 Å². The molecule has 0 radical (unpaired) electrons. The zero-order valence-electron chi connectivity index (χ0n) is 11.3. The second-order valence-electron chi connectivity index (χ2n) is 4.09. The highest BCUT2D eigenvalue weighted by Gasteiger charge is 2.30. The molecule has 1 N–H and O–H groups in total. The average Bonchev–Trinajstić information content (AvgIpc) is 2.34. The molecule has 112 valence electrons. The lowest BCUT2D eigenvalue weighted by molar-refractivity contribution is -0.139. The number of rotatable bonds is 7. The van der Waals surface area contributed by atoms with Crippen molar-refractivity contribution in [2.45, 2.75) is 26.0 Å². The molecule has 0 aliphatic carbocycles. The summed E-state index contributed by atoms with van der Waals surface area (Å²) in [5, 5.41) is 0.625. The summed E-state index contributed by atoms with van der Waals surface area (Å²) in [5.74, 6) is -0.780. The number of esters is 1. The van der Waals surface area contributed by atoms with Crippen molar-refractivity contribution in [2.24, 2.45) is 5.92 Å². The first kappa shape index (κ1) is 17.6. The van der Waals surface area contributed by atoms with Crippen molar-refractivity contribution < 1.29 is 31.7 Å². The highest BCUT2D eigenvalue weighted by atomic mass is 32.2. The van der Waals surface area contributed by atoms with Crippen molar-refractivity contribution in [3.8, 4) is 0 Å². The lowest BCUT2D eigenvalue weighted by Crippen LogP contribution is -2.34. The molecular formula is C10H19NO7S. The highest BCUT2D eigenvalue weighted by molar-refractivity contribution is 7.88. The van der Waals surface area contributed by atoms with Crippen LogP contribution < -0.4 is 5.32 Å². The van der Waals surface area contributed by atoms with E-state index in [1.54, 1.807) is 0 Å². The summed E-state index contributed by atoms with van der Waals surface area (Å²) in [4.78, 5) is 22.1. The lowest BCUT2D eigenvalue weighted by atomic mass is 10.2. The Bertz CT molecular complexity index is 404. The summed E-state index contributed by atoms with van der Waals surface area (Å²) in [6.45, 7) is 4.43. The quantitative estimate of drug-likeness (QED) is 0.407. The van der Waals surface area contributed by atoms with E-state index >= 15 is 0 Å². The van der Waals surface area contributed by atoms with E-state index in [1.807, 2.05) is 13.8 Å². The maximum absolute atomic E-state index is 11.5. The van der Waals surface area contributed by atoms with Crippen LogP contribution in [0.4, 0.5) is 4.79 Å². The van der Waals surface area contributed by atoms with Gasteiger partial charge in [-0.2, -0.15) is 8.42 Å². The van der Waals surface area contributed by atoms with Crippen LogP contribution in [0.5, 0.6) is 0 Å². The fourth-order valence-corrected chi connectivity index (χ4v) is 1.61. The van der Waals surface area contributed by atoms with Gasteiger partial charge in [-0.15, -0.1) is 0 Å². The molecule has 0 aromatic rings. The number of amides is 1. The average molecular weight is 297 g/mol. The number of alkyl carbamates (subject to hydrolysis) is 1. The van der Waals surface area contributed by atoms with Crippen molar-refractivity contribution in [3.05, 3.63) is 0 Å². The van der Waals surface area contributed by atoms with E-state index in [0.717, 1.165) is 14.0 Å². The molecule has 1 atom stereocenters. The van der Waals surface area contributed by atoms with Crippen molar-refractivity contribution in [3.63, 3.8) is 0 Å². The summed E-state index contributed by atoms with van der Waals surface area (Å²) in [6.07, 6.45) is -0.797. The van der Waals surface area contributed by atoms with Gasteiger partial charge >= 0.3 is 12.1 Å². The first-order valence-electron chi connectivity index (χ1n) is 5.57. The van der Waals surface area contributed by atoms with Crippen molar-refractivity contribution >= 4 is 22.2 Å². The Morgan fingerprint density at radius 3 is 2.26 bits per heavy atom. The number of carbonyl (C=O) groups is 2. The molecule has 1 unspecified atom stereocenters. The Labute approximate surface area is 112 Å². The molecule has 8 nitrogen and oxygen atoms in total. The van der Waals surface area contributed by atoms with Gasteiger partial charge in [-0.1, -0.05) is 13.8 Å². The Balaban J connectivity index is 4.12. The van der Waals surface area contributed by atoms with Gasteiger partial charge in [0, 0.05) is 0 Å². The Morgan fingerprint density at radius 1 is 1.21 bits per heavy atom. The number of methoxy groups -OCH3 is 1. The molecule has 0 saturated heterocycles. The van der Waals surface area contributed by atoms with Gasteiger partial charge in [0.25, 0.3) is 10.1 Å². The van der Waals surface area contributed by atoms with E-state index in [0.29, 0.717) is 0 Å². The third-order valence-electron chi connectivity index (χ3n) is 1.95. The molecule has 19 heavy (non-hydrogen) atoms. The van der Waals surface area contributed by atoms with E-state index in [4.69, 9.17) is 4.74 Å². The van der Waals surface area contributed by atoms with Crippen LogP contribution in [-0.2, 0) is 28.6 Å². The second-order valence-corrected chi connectivity index (χ2v) is 6.02. The molecule has 0 aromatic heterocycles. The van der Waals surface area contributed by atoms with Crippen LogP contribution in [0.25, 0.3) is 0 Å². The standard InChI is InChI=1S/C10H19NO7S/c1-7(2)5-17-10(13)11-6-18-19(14,15)8(3)9(12)16-4/h7-8H,5-6H2,1-4H3,(H,11,13). The van der Waals surface area contributed by atoms with Crippen LogP contribution in [0.1, 0.15) is 20.8 Å². The van der Waals surface area contributed by atoms with Crippen molar-refractivity contribution in [2.75, 3.05) is 20.4 Å². The first-order valence-corrected chi connectivity index (χ1v) is 7.04. The highest BCUT2D eigenvalue weighted by Crippen LogP contribution is 2.05. The van der Waals surface area contributed by atoms with Crippen LogP contribution in [0, 0.1) is 5.92 Å². The van der Waals surface area contributed by atoms with Gasteiger partial charge in [-0.25, -0.2) is 8.98 Å². The molecule has 9 heteroatoms. The van der Waals surface area contributed by atoms with Crippen LogP contribution in [0.2, 0.25) is 0 Å². The van der Waals surface area contributed by atoms with Gasteiger partial charge in [0.15, 0.2) is 5.25 Å². The first-order chi connectivity index (χ1) is 8.70. The smallest absolute Gasteiger partial charge is 0.408 e. The normalized spacial score (nSPS) is 12.9. The minimum atomic E-state index is -4.14.